The van der Waals surface area contributed by atoms with Gasteiger partial charge in [-0.1, -0.05) is 23.7 Å². The van der Waals surface area contributed by atoms with Crippen molar-refractivity contribution in [1.82, 2.24) is 10.3 Å². The third-order valence-corrected chi connectivity index (χ3v) is 4.53. The largest absolute Gasteiger partial charge is 0.493 e. The highest BCUT2D eigenvalue weighted by Gasteiger charge is 2.11. The van der Waals surface area contributed by atoms with Gasteiger partial charge >= 0.3 is 0 Å². The van der Waals surface area contributed by atoms with Crippen LogP contribution in [0.3, 0.4) is 0 Å². The van der Waals surface area contributed by atoms with Gasteiger partial charge in [0.25, 0.3) is 0 Å². The molecule has 0 radical (unpaired) electrons. The van der Waals surface area contributed by atoms with Crippen molar-refractivity contribution in [2.75, 3.05) is 13.2 Å². The van der Waals surface area contributed by atoms with Crippen LogP contribution in [0.5, 0.6) is 5.75 Å². The number of carbonyl (C=O) groups excluding carboxylic acids is 1. The molecule has 29 heavy (non-hydrogen) atoms. The van der Waals surface area contributed by atoms with Gasteiger partial charge in [0.15, 0.2) is 11.7 Å². The molecule has 3 aromatic rings. The Balaban J connectivity index is 1.36. The van der Waals surface area contributed by atoms with Crippen LogP contribution in [-0.2, 0) is 11.2 Å². The lowest BCUT2D eigenvalue weighted by atomic mass is 10.2. The highest BCUT2D eigenvalue weighted by Crippen LogP contribution is 2.24. The van der Waals surface area contributed by atoms with Crippen LogP contribution in [0.2, 0.25) is 5.02 Å². The summed E-state index contributed by atoms with van der Waals surface area (Å²) in [5.41, 5.74) is 1.33. The lowest BCUT2D eigenvalue weighted by Crippen LogP contribution is -2.25. The highest BCUT2D eigenvalue weighted by atomic mass is 35.5. The number of oxazole rings is 1. The average molecular weight is 417 g/mol. The van der Waals surface area contributed by atoms with E-state index >= 15 is 0 Å². The number of carbonyl (C=O) groups is 1. The Morgan fingerprint density at radius 1 is 1.28 bits per heavy atom. The minimum absolute atomic E-state index is 0.0988. The van der Waals surface area contributed by atoms with Crippen LogP contribution in [0, 0.1) is 12.7 Å². The van der Waals surface area contributed by atoms with Crippen LogP contribution < -0.4 is 10.1 Å². The fraction of sp³-hybridized carbons (Fsp3) is 0.273. The molecule has 0 spiro atoms. The molecule has 0 aliphatic rings. The Morgan fingerprint density at radius 2 is 2.10 bits per heavy atom. The molecule has 1 N–H and O–H groups in total. The molecule has 0 saturated carbocycles. The Kier molecular flexibility index (Phi) is 7.25. The number of hydrogen-bond acceptors (Lipinski definition) is 4. The molecular formula is C22H22ClFN2O3. The van der Waals surface area contributed by atoms with E-state index in [-0.39, 0.29) is 18.1 Å². The van der Waals surface area contributed by atoms with E-state index in [9.17, 15) is 9.18 Å². The number of aromatic nitrogens is 1. The third kappa shape index (κ3) is 6.06. The van der Waals surface area contributed by atoms with Crippen LogP contribution in [-0.4, -0.2) is 24.0 Å². The average Bonchev–Trinajstić information content (AvgIpc) is 3.17. The van der Waals surface area contributed by atoms with Crippen molar-refractivity contribution in [3.8, 4) is 17.1 Å². The molecule has 2 aromatic carbocycles. The van der Waals surface area contributed by atoms with E-state index in [0.717, 1.165) is 11.3 Å². The Morgan fingerprint density at radius 3 is 2.90 bits per heavy atom. The molecule has 152 valence electrons. The van der Waals surface area contributed by atoms with Gasteiger partial charge in [0.05, 0.1) is 18.4 Å². The van der Waals surface area contributed by atoms with Crippen LogP contribution >= 0.6 is 11.6 Å². The molecule has 0 aliphatic carbocycles. The fourth-order valence-electron chi connectivity index (χ4n) is 2.78. The number of aryl methyl sites for hydroxylation is 2. The van der Waals surface area contributed by atoms with Crippen molar-refractivity contribution in [1.29, 1.82) is 0 Å². The maximum atomic E-state index is 13.8. The molecule has 3 rings (SSSR count). The number of rotatable bonds is 9. The van der Waals surface area contributed by atoms with Crippen molar-refractivity contribution in [3.05, 3.63) is 71.0 Å². The second kappa shape index (κ2) is 10.1. The Bertz CT molecular complexity index is 974. The quantitative estimate of drug-likeness (QED) is 0.501. The zero-order valence-electron chi connectivity index (χ0n) is 16.1. The zero-order chi connectivity index (χ0) is 20.6. The number of ether oxygens (including phenoxy) is 1. The van der Waals surface area contributed by atoms with Gasteiger partial charge < -0.3 is 14.5 Å². The van der Waals surface area contributed by atoms with Crippen molar-refractivity contribution >= 4 is 17.5 Å². The molecule has 0 aliphatic heterocycles. The second-order valence-corrected chi connectivity index (χ2v) is 7.00. The number of halogens is 2. The van der Waals surface area contributed by atoms with Gasteiger partial charge in [0, 0.05) is 24.4 Å². The summed E-state index contributed by atoms with van der Waals surface area (Å²) >= 11 is 5.92. The maximum Gasteiger partial charge on any atom is 0.220 e. The SMILES string of the molecule is Cc1cc(Cl)ccc1OCCCNC(=O)CCc1ncc(-c2ccccc2F)o1. The van der Waals surface area contributed by atoms with E-state index in [1.807, 2.05) is 19.1 Å². The van der Waals surface area contributed by atoms with E-state index in [4.69, 9.17) is 20.8 Å². The van der Waals surface area contributed by atoms with Crippen LogP contribution in [0.25, 0.3) is 11.3 Å². The monoisotopic (exact) mass is 416 g/mol. The Hall–Kier alpha value is -2.86. The highest BCUT2D eigenvalue weighted by molar-refractivity contribution is 6.30. The minimum Gasteiger partial charge on any atom is -0.493 e. The van der Waals surface area contributed by atoms with Crippen molar-refractivity contribution in [2.24, 2.45) is 0 Å². The van der Waals surface area contributed by atoms with Crippen molar-refractivity contribution in [2.45, 2.75) is 26.2 Å². The lowest BCUT2D eigenvalue weighted by Gasteiger charge is -2.09. The van der Waals surface area contributed by atoms with E-state index in [2.05, 4.69) is 10.3 Å². The van der Waals surface area contributed by atoms with E-state index < -0.39 is 0 Å². The third-order valence-electron chi connectivity index (χ3n) is 4.30. The first kappa shape index (κ1) is 20.9. The van der Waals surface area contributed by atoms with Gasteiger partial charge in [0.2, 0.25) is 5.91 Å². The molecule has 0 saturated heterocycles. The standard InChI is InChI=1S/C22H22ClFN2O3/c1-15-13-16(23)7-8-19(15)28-12-4-11-25-21(27)9-10-22-26-14-20(29-22)17-5-2-3-6-18(17)24/h2-3,5-8,13-14H,4,9-12H2,1H3,(H,25,27). The predicted molar refractivity (Wildman–Crippen MR) is 110 cm³/mol. The van der Waals surface area contributed by atoms with E-state index in [1.54, 1.807) is 24.3 Å². The summed E-state index contributed by atoms with van der Waals surface area (Å²) in [7, 11) is 0. The molecule has 0 bridgehead atoms. The zero-order valence-corrected chi connectivity index (χ0v) is 16.8. The van der Waals surface area contributed by atoms with Gasteiger partial charge in [0.1, 0.15) is 11.6 Å². The first-order valence-electron chi connectivity index (χ1n) is 9.38. The normalized spacial score (nSPS) is 10.7. The first-order valence-corrected chi connectivity index (χ1v) is 9.76. The summed E-state index contributed by atoms with van der Waals surface area (Å²) in [6.45, 7) is 2.94. The van der Waals surface area contributed by atoms with Crippen molar-refractivity contribution < 1.29 is 18.3 Å². The predicted octanol–water partition coefficient (Wildman–Crippen LogP) is 4.96. The summed E-state index contributed by atoms with van der Waals surface area (Å²) in [5, 5.41) is 3.52. The van der Waals surface area contributed by atoms with E-state index in [1.165, 1.54) is 12.3 Å². The second-order valence-electron chi connectivity index (χ2n) is 6.56. The van der Waals surface area contributed by atoms with Gasteiger partial charge in [-0.3, -0.25) is 4.79 Å². The molecule has 0 atom stereocenters. The summed E-state index contributed by atoms with van der Waals surface area (Å²) in [5.74, 6) is 1.07. The molecule has 7 heteroatoms. The van der Waals surface area contributed by atoms with Crippen LogP contribution in [0.1, 0.15) is 24.3 Å². The summed E-state index contributed by atoms with van der Waals surface area (Å²) in [6.07, 6.45) is 2.75. The number of nitrogens with one attached hydrogen (secondary N) is 1. The molecule has 0 unspecified atom stereocenters. The van der Waals surface area contributed by atoms with Gasteiger partial charge in [-0.2, -0.15) is 0 Å². The van der Waals surface area contributed by atoms with Gasteiger partial charge in [-0.15, -0.1) is 0 Å². The van der Waals surface area contributed by atoms with Crippen LogP contribution in [0.4, 0.5) is 4.39 Å². The molecule has 5 nitrogen and oxygen atoms in total. The Labute approximate surface area is 173 Å². The number of hydrogen-bond donors (Lipinski definition) is 1. The summed E-state index contributed by atoms with van der Waals surface area (Å²) < 4.78 is 25.0. The van der Waals surface area contributed by atoms with Gasteiger partial charge in [-0.25, -0.2) is 9.37 Å². The maximum absolute atomic E-state index is 13.8. The molecule has 0 fully saturated rings. The smallest absolute Gasteiger partial charge is 0.220 e. The van der Waals surface area contributed by atoms with E-state index in [0.29, 0.717) is 48.2 Å². The topological polar surface area (TPSA) is 64.4 Å². The summed E-state index contributed by atoms with van der Waals surface area (Å²) in [6, 6.07) is 11.8. The first-order chi connectivity index (χ1) is 14.0. The number of benzene rings is 2. The van der Waals surface area contributed by atoms with Gasteiger partial charge in [-0.05, 0) is 49.2 Å². The number of nitrogens with zero attached hydrogens (tertiary/aromatic N) is 1. The lowest BCUT2D eigenvalue weighted by molar-refractivity contribution is -0.121. The summed E-state index contributed by atoms with van der Waals surface area (Å²) in [4.78, 5) is 16.1. The minimum atomic E-state index is -0.371. The van der Waals surface area contributed by atoms with Crippen molar-refractivity contribution in [3.63, 3.8) is 0 Å². The molecular weight excluding hydrogens is 395 g/mol. The fourth-order valence-corrected chi connectivity index (χ4v) is 3.00. The van der Waals surface area contributed by atoms with Crippen LogP contribution in [0.15, 0.2) is 53.1 Å². The molecule has 1 aromatic heterocycles. The molecule has 1 heterocycles. The molecule has 1 amide bonds. The number of amides is 1.